The predicted molar refractivity (Wildman–Crippen MR) is 70.1 cm³/mol. The molecule has 2 rings (SSSR count). The molecule has 17 heavy (non-hydrogen) atoms. The van der Waals surface area contributed by atoms with Crippen molar-refractivity contribution in [2.24, 2.45) is 0 Å². The summed E-state index contributed by atoms with van der Waals surface area (Å²) < 4.78 is 0. The normalized spacial score (nSPS) is 19.9. The fraction of sp³-hybridized carbons (Fsp3) is 0.692. The Hall–Kier alpha value is -1.16. The van der Waals surface area contributed by atoms with Crippen molar-refractivity contribution in [3.8, 4) is 0 Å². The molecule has 1 saturated heterocycles. The smallest absolute Gasteiger partial charge is 0.225 e. The van der Waals surface area contributed by atoms with Gasteiger partial charge in [-0.05, 0) is 32.7 Å². The fourth-order valence-electron chi connectivity index (χ4n) is 2.23. The Morgan fingerprint density at radius 2 is 2.18 bits per heavy atom. The summed E-state index contributed by atoms with van der Waals surface area (Å²) in [6.07, 6.45) is 7.55. The van der Waals surface area contributed by atoms with Crippen LogP contribution < -0.4 is 10.2 Å². The molecule has 4 heteroatoms. The zero-order valence-corrected chi connectivity index (χ0v) is 10.8. The lowest BCUT2D eigenvalue weighted by Crippen LogP contribution is -2.28. The Labute approximate surface area is 103 Å². The Bertz CT molecular complexity index is 336. The summed E-state index contributed by atoms with van der Waals surface area (Å²) in [5.74, 6) is 0.884. The lowest BCUT2D eigenvalue weighted by Gasteiger charge is -2.21. The first kappa shape index (κ1) is 12.3. The highest BCUT2D eigenvalue weighted by Gasteiger charge is 2.22. The highest BCUT2D eigenvalue weighted by Crippen LogP contribution is 2.21. The average Bonchev–Trinajstić information content (AvgIpc) is 2.77. The van der Waals surface area contributed by atoms with Crippen LogP contribution in [0, 0.1) is 0 Å². The molecule has 1 atom stereocenters. The molecule has 0 bridgehead atoms. The van der Waals surface area contributed by atoms with Gasteiger partial charge in [0.1, 0.15) is 0 Å². The summed E-state index contributed by atoms with van der Waals surface area (Å²) in [6, 6.07) is 0.582. The average molecular weight is 234 g/mol. The number of nitrogens with zero attached hydrogens (tertiary/aromatic N) is 3. The Balaban J connectivity index is 1.93. The van der Waals surface area contributed by atoms with Gasteiger partial charge in [0.15, 0.2) is 0 Å². The molecule has 1 aromatic rings. The molecule has 1 unspecified atom stereocenters. The lowest BCUT2D eigenvalue weighted by atomic mass is 10.2. The molecule has 1 aliphatic rings. The van der Waals surface area contributed by atoms with Gasteiger partial charge in [0, 0.05) is 37.1 Å². The van der Waals surface area contributed by atoms with Crippen molar-refractivity contribution in [2.45, 2.75) is 45.7 Å². The van der Waals surface area contributed by atoms with Crippen LogP contribution in [0.2, 0.25) is 0 Å². The van der Waals surface area contributed by atoms with Crippen molar-refractivity contribution in [1.82, 2.24) is 15.3 Å². The number of nitrogens with one attached hydrogen (secondary N) is 1. The molecule has 0 aromatic carbocycles. The van der Waals surface area contributed by atoms with Gasteiger partial charge in [0.2, 0.25) is 5.95 Å². The minimum absolute atomic E-state index is 0.582. The zero-order valence-electron chi connectivity index (χ0n) is 10.8. The molecule has 2 heterocycles. The van der Waals surface area contributed by atoms with Gasteiger partial charge >= 0.3 is 0 Å². The first-order chi connectivity index (χ1) is 8.31. The minimum atomic E-state index is 0.582. The van der Waals surface area contributed by atoms with Gasteiger partial charge in [-0.3, -0.25) is 0 Å². The van der Waals surface area contributed by atoms with Gasteiger partial charge < -0.3 is 10.2 Å². The SMILES string of the molecule is CCCNCc1cnc(N2CCCC2C)nc1. The van der Waals surface area contributed by atoms with Gasteiger partial charge in [0.05, 0.1) is 0 Å². The summed E-state index contributed by atoms with van der Waals surface area (Å²) in [5, 5.41) is 3.36. The van der Waals surface area contributed by atoms with Crippen LogP contribution in [0.1, 0.15) is 38.7 Å². The molecule has 0 aliphatic carbocycles. The van der Waals surface area contributed by atoms with E-state index < -0.39 is 0 Å². The third-order valence-electron chi connectivity index (χ3n) is 3.26. The van der Waals surface area contributed by atoms with E-state index in [1.54, 1.807) is 0 Å². The van der Waals surface area contributed by atoms with Crippen molar-refractivity contribution in [3.63, 3.8) is 0 Å². The molecule has 1 aliphatic heterocycles. The summed E-state index contributed by atoms with van der Waals surface area (Å²) >= 11 is 0. The van der Waals surface area contributed by atoms with Crippen LogP contribution in [-0.2, 0) is 6.54 Å². The number of anilines is 1. The first-order valence-corrected chi connectivity index (χ1v) is 6.59. The quantitative estimate of drug-likeness (QED) is 0.791. The largest absolute Gasteiger partial charge is 0.338 e. The summed E-state index contributed by atoms with van der Waals surface area (Å²) in [7, 11) is 0. The van der Waals surface area contributed by atoms with Gasteiger partial charge in [-0.25, -0.2) is 9.97 Å². The Morgan fingerprint density at radius 3 is 2.76 bits per heavy atom. The maximum atomic E-state index is 4.46. The van der Waals surface area contributed by atoms with Crippen molar-refractivity contribution >= 4 is 5.95 Å². The molecule has 94 valence electrons. The van der Waals surface area contributed by atoms with Crippen molar-refractivity contribution in [2.75, 3.05) is 18.0 Å². The highest BCUT2D eigenvalue weighted by atomic mass is 15.3. The van der Waals surface area contributed by atoms with Crippen LogP contribution in [0.3, 0.4) is 0 Å². The topological polar surface area (TPSA) is 41.1 Å². The molecule has 0 spiro atoms. The van der Waals surface area contributed by atoms with E-state index in [-0.39, 0.29) is 0 Å². The van der Waals surface area contributed by atoms with Gasteiger partial charge in [0.25, 0.3) is 0 Å². The van der Waals surface area contributed by atoms with Gasteiger partial charge in [-0.15, -0.1) is 0 Å². The van der Waals surface area contributed by atoms with Crippen molar-refractivity contribution in [1.29, 1.82) is 0 Å². The van der Waals surface area contributed by atoms with Crippen LogP contribution >= 0.6 is 0 Å². The third-order valence-corrected chi connectivity index (χ3v) is 3.26. The second kappa shape index (κ2) is 5.96. The molecular weight excluding hydrogens is 212 g/mol. The van der Waals surface area contributed by atoms with E-state index in [1.807, 2.05) is 12.4 Å². The van der Waals surface area contributed by atoms with Crippen LogP contribution in [-0.4, -0.2) is 29.1 Å². The maximum Gasteiger partial charge on any atom is 0.225 e. The molecule has 0 amide bonds. The molecular formula is C13H22N4. The van der Waals surface area contributed by atoms with E-state index >= 15 is 0 Å². The zero-order chi connectivity index (χ0) is 12.1. The molecule has 4 nitrogen and oxygen atoms in total. The van der Waals surface area contributed by atoms with Crippen LogP contribution in [0.15, 0.2) is 12.4 Å². The molecule has 1 aromatic heterocycles. The second-order valence-corrected chi connectivity index (χ2v) is 4.75. The molecule has 1 N–H and O–H groups in total. The summed E-state index contributed by atoms with van der Waals surface area (Å²) in [4.78, 5) is 11.2. The van der Waals surface area contributed by atoms with Crippen LogP contribution in [0.25, 0.3) is 0 Å². The van der Waals surface area contributed by atoms with E-state index in [2.05, 4.69) is 34.0 Å². The fourth-order valence-corrected chi connectivity index (χ4v) is 2.23. The summed E-state index contributed by atoms with van der Waals surface area (Å²) in [6.45, 7) is 7.41. The van der Waals surface area contributed by atoms with Crippen molar-refractivity contribution < 1.29 is 0 Å². The monoisotopic (exact) mass is 234 g/mol. The number of aromatic nitrogens is 2. The first-order valence-electron chi connectivity index (χ1n) is 6.59. The van der Waals surface area contributed by atoms with E-state index in [9.17, 15) is 0 Å². The number of hydrogen-bond donors (Lipinski definition) is 1. The lowest BCUT2D eigenvalue weighted by molar-refractivity contribution is 0.669. The molecule has 0 radical (unpaired) electrons. The number of rotatable bonds is 5. The van der Waals surface area contributed by atoms with E-state index in [4.69, 9.17) is 0 Å². The second-order valence-electron chi connectivity index (χ2n) is 4.75. The third kappa shape index (κ3) is 3.16. The molecule has 1 fully saturated rings. The Kier molecular flexibility index (Phi) is 4.31. The van der Waals surface area contributed by atoms with E-state index in [0.29, 0.717) is 6.04 Å². The van der Waals surface area contributed by atoms with Crippen LogP contribution in [0.5, 0.6) is 0 Å². The van der Waals surface area contributed by atoms with E-state index in [1.165, 1.54) is 12.8 Å². The van der Waals surface area contributed by atoms with Crippen molar-refractivity contribution in [3.05, 3.63) is 18.0 Å². The summed E-state index contributed by atoms with van der Waals surface area (Å²) in [5.41, 5.74) is 1.16. The van der Waals surface area contributed by atoms with Gasteiger partial charge in [-0.1, -0.05) is 6.92 Å². The predicted octanol–water partition coefficient (Wildman–Crippen LogP) is 1.96. The maximum absolute atomic E-state index is 4.46. The Morgan fingerprint density at radius 1 is 1.41 bits per heavy atom. The standard InChI is InChI=1S/C13H22N4/c1-3-6-14-8-12-9-15-13(16-10-12)17-7-4-5-11(17)2/h9-11,14H,3-8H2,1-2H3. The number of hydrogen-bond acceptors (Lipinski definition) is 4. The highest BCUT2D eigenvalue weighted by molar-refractivity contribution is 5.32. The molecule has 0 saturated carbocycles. The van der Waals surface area contributed by atoms with Crippen LogP contribution in [0.4, 0.5) is 5.95 Å². The van der Waals surface area contributed by atoms with Gasteiger partial charge in [-0.2, -0.15) is 0 Å². The van der Waals surface area contributed by atoms with E-state index in [0.717, 1.165) is 37.6 Å². The minimum Gasteiger partial charge on any atom is -0.338 e.